The van der Waals surface area contributed by atoms with E-state index in [1.54, 1.807) is 18.3 Å². The first-order valence-corrected chi connectivity index (χ1v) is 8.98. The smallest absolute Gasteiger partial charge is 0.255 e. The van der Waals surface area contributed by atoms with Gasteiger partial charge in [0.25, 0.3) is 5.91 Å². The molecule has 0 atom stereocenters. The fourth-order valence-electron chi connectivity index (χ4n) is 4.58. The van der Waals surface area contributed by atoms with Crippen LogP contribution in [0.15, 0.2) is 42.6 Å². The fourth-order valence-corrected chi connectivity index (χ4v) is 4.58. The van der Waals surface area contributed by atoms with E-state index in [0.717, 1.165) is 40.4 Å². The quantitative estimate of drug-likeness (QED) is 0.677. The van der Waals surface area contributed by atoms with E-state index in [2.05, 4.69) is 18.0 Å². The van der Waals surface area contributed by atoms with Gasteiger partial charge in [-0.05, 0) is 67.1 Å². The van der Waals surface area contributed by atoms with Crippen molar-refractivity contribution in [3.05, 3.63) is 76.2 Å². The first kappa shape index (κ1) is 15.5. The molecule has 1 aliphatic carbocycles. The number of nitrogens with zero attached hydrogens (tertiary/aromatic N) is 2. The Labute approximate surface area is 151 Å². The molecular weight excluding hydrogens is 327 g/mol. The van der Waals surface area contributed by atoms with Crippen LogP contribution in [0.2, 0.25) is 0 Å². The molecule has 0 radical (unpaired) electrons. The summed E-state index contributed by atoms with van der Waals surface area (Å²) in [4.78, 5) is 19.9. The van der Waals surface area contributed by atoms with Gasteiger partial charge in [-0.25, -0.2) is 4.39 Å². The van der Waals surface area contributed by atoms with E-state index >= 15 is 0 Å². The second kappa shape index (κ2) is 5.13. The molecular formula is C22H19FN2O. The van der Waals surface area contributed by atoms with Gasteiger partial charge in [0.2, 0.25) is 0 Å². The predicted molar refractivity (Wildman–Crippen MR) is 98.4 cm³/mol. The van der Waals surface area contributed by atoms with Gasteiger partial charge in [0.15, 0.2) is 0 Å². The molecule has 130 valence electrons. The summed E-state index contributed by atoms with van der Waals surface area (Å²) in [5, 5.41) is 1.13. The Kier molecular flexibility index (Phi) is 3.06. The number of amides is 1. The lowest BCUT2D eigenvalue weighted by molar-refractivity contribution is 0.0683. The Morgan fingerprint density at radius 2 is 1.85 bits per heavy atom. The van der Waals surface area contributed by atoms with Crippen molar-refractivity contribution < 1.29 is 9.18 Å². The highest BCUT2D eigenvalue weighted by molar-refractivity contribution is 6.07. The highest BCUT2D eigenvalue weighted by Crippen LogP contribution is 2.59. The number of rotatable bonds is 2. The zero-order valence-corrected chi connectivity index (χ0v) is 14.8. The Hall–Kier alpha value is -2.75. The Balaban J connectivity index is 1.68. The van der Waals surface area contributed by atoms with E-state index in [9.17, 15) is 9.18 Å². The Morgan fingerprint density at radius 3 is 2.54 bits per heavy atom. The first-order chi connectivity index (χ1) is 12.5. The molecule has 0 N–H and O–H groups in total. The lowest BCUT2D eigenvalue weighted by Gasteiger charge is -2.26. The first-order valence-electron chi connectivity index (χ1n) is 8.98. The minimum absolute atomic E-state index is 0.0787. The number of halogens is 1. The summed E-state index contributed by atoms with van der Waals surface area (Å²) in [6.45, 7) is 4.62. The predicted octanol–water partition coefficient (Wildman–Crippen LogP) is 4.64. The zero-order chi connectivity index (χ0) is 18.1. The molecule has 0 unspecified atom stereocenters. The van der Waals surface area contributed by atoms with Gasteiger partial charge in [0.1, 0.15) is 5.82 Å². The molecule has 2 aromatic carbocycles. The van der Waals surface area contributed by atoms with Crippen molar-refractivity contribution in [2.24, 2.45) is 0 Å². The molecule has 1 fully saturated rings. The van der Waals surface area contributed by atoms with E-state index in [4.69, 9.17) is 0 Å². The average molecular weight is 346 g/mol. The van der Waals surface area contributed by atoms with Gasteiger partial charge < -0.3 is 4.90 Å². The number of benzene rings is 2. The van der Waals surface area contributed by atoms with Crippen molar-refractivity contribution in [3.8, 4) is 0 Å². The standard InChI is InChI=1S/C22H19FN2O/c1-13-17-4-3-11-24-20(17)14(2)18-19(13)22(9-10-22)25(21(18)26)12-15-5-7-16(23)8-6-15/h3-8,11H,9-10,12H2,1-2H3. The zero-order valence-electron chi connectivity index (χ0n) is 14.8. The molecule has 2 heterocycles. The number of carbonyl (C=O) groups is 1. The number of pyridine rings is 1. The van der Waals surface area contributed by atoms with E-state index in [0.29, 0.717) is 6.54 Å². The van der Waals surface area contributed by atoms with Crippen LogP contribution in [0, 0.1) is 19.7 Å². The number of hydrogen-bond acceptors (Lipinski definition) is 2. The molecule has 1 saturated carbocycles. The van der Waals surface area contributed by atoms with Crippen LogP contribution in [-0.2, 0) is 12.1 Å². The van der Waals surface area contributed by atoms with E-state index in [-0.39, 0.29) is 17.3 Å². The minimum Gasteiger partial charge on any atom is -0.325 e. The third-order valence-corrected chi connectivity index (χ3v) is 5.99. The highest BCUT2D eigenvalue weighted by Gasteiger charge is 2.59. The molecule has 1 amide bonds. The van der Waals surface area contributed by atoms with Crippen LogP contribution in [0.5, 0.6) is 0 Å². The number of aromatic nitrogens is 1. The monoisotopic (exact) mass is 346 g/mol. The summed E-state index contributed by atoms with van der Waals surface area (Å²) in [7, 11) is 0. The molecule has 0 bridgehead atoms. The summed E-state index contributed by atoms with van der Waals surface area (Å²) in [5.74, 6) is -0.176. The molecule has 1 aromatic heterocycles. The van der Waals surface area contributed by atoms with Crippen molar-refractivity contribution >= 4 is 16.8 Å². The second-order valence-electron chi connectivity index (χ2n) is 7.45. The number of fused-ring (bicyclic) bond motifs is 3. The number of carbonyl (C=O) groups excluding carboxylic acids is 1. The molecule has 3 nitrogen and oxygen atoms in total. The van der Waals surface area contributed by atoms with Crippen LogP contribution in [0.3, 0.4) is 0 Å². The van der Waals surface area contributed by atoms with Crippen molar-refractivity contribution in [2.75, 3.05) is 0 Å². The van der Waals surface area contributed by atoms with Gasteiger partial charge in [-0.3, -0.25) is 9.78 Å². The van der Waals surface area contributed by atoms with E-state index in [1.807, 2.05) is 17.9 Å². The fraction of sp³-hybridized carbons (Fsp3) is 0.273. The maximum absolute atomic E-state index is 13.4. The molecule has 1 aliphatic heterocycles. The van der Waals surface area contributed by atoms with Gasteiger partial charge in [-0.2, -0.15) is 0 Å². The van der Waals surface area contributed by atoms with Gasteiger partial charge in [-0.1, -0.05) is 18.2 Å². The molecule has 5 rings (SSSR count). The van der Waals surface area contributed by atoms with Crippen LogP contribution in [0.4, 0.5) is 4.39 Å². The average Bonchev–Trinajstić information content (AvgIpc) is 3.40. The van der Waals surface area contributed by atoms with Gasteiger partial charge in [0.05, 0.1) is 16.6 Å². The van der Waals surface area contributed by atoms with Crippen LogP contribution in [0.25, 0.3) is 10.9 Å². The third-order valence-electron chi connectivity index (χ3n) is 5.99. The molecule has 2 aliphatic rings. The molecule has 3 aromatic rings. The number of aryl methyl sites for hydroxylation is 2. The van der Waals surface area contributed by atoms with Crippen LogP contribution in [-0.4, -0.2) is 15.8 Å². The van der Waals surface area contributed by atoms with E-state index < -0.39 is 0 Å². The van der Waals surface area contributed by atoms with Gasteiger partial charge in [-0.15, -0.1) is 0 Å². The second-order valence-corrected chi connectivity index (χ2v) is 7.45. The maximum Gasteiger partial charge on any atom is 0.255 e. The third kappa shape index (κ3) is 1.93. The lowest BCUT2D eigenvalue weighted by Crippen LogP contribution is -2.33. The molecule has 4 heteroatoms. The van der Waals surface area contributed by atoms with Crippen LogP contribution >= 0.6 is 0 Å². The minimum atomic E-state index is -0.255. The summed E-state index contributed by atoms with van der Waals surface area (Å²) in [6.07, 6.45) is 3.75. The SMILES string of the molecule is Cc1c2c(c(C)c3ncccc13)C(=O)N(Cc1ccc(F)cc1)C21CC1. The van der Waals surface area contributed by atoms with Gasteiger partial charge in [0, 0.05) is 18.1 Å². The van der Waals surface area contributed by atoms with Crippen molar-refractivity contribution in [3.63, 3.8) is 0 Å². The maximum atomic E-state index is 13.4. The molecule has 26 heavy (non-hydrogen) atoms. The van der Waals surface area contributed by atoms with Crippen LogP contribution < -0.4 is 0 Å². The topological polar surface area (TPSA) is 33.2 Å². The van der Waals surface area contributed by atoms with Crippen molar-refractivity contribution in [1.82, 2.24) is 9.88 Å². The highest BCUT2D eigenvalue weighted by atomic mass is 19.1. The number of hydrogen-bond donors (Lipinski definition) is 0. The lowest BCUT2D eigenvalue weighted by atomic mass is 9.90. The summed E-state index contributed by atoms with van der Waals surface area (Å²) in [5.41, 5.74) is 5.82. The largest absolute Gasteiger partial charge is 0.325 e. The molecule has 0 saturated heterocycles. The summed E-state index contributed by atoms with van der Waals surface area (Å²) >= 11 is 0. The Morgan fingerprint density at radius 1 is 1.12 bits per heavy atom. The van der Waals surface area contributed by atoms with Crippen LogP contribution in [0.1, 0.15) is 45.5 Å². The van der Waals surface area contributed by atoms with Gasteiger partial charge >= 0.3 is 0 Å². The van der Waals surface area contributed by atoms with Crippen molar-refractivity contribution in [1.29, 1.82) is 0 Å². The summed E-state index contributed by atoms with van der Waals surface area (Å²) in [6, 6.07) is 10.5. The van der Waals surface area contributed by atoms with Crippen molar-refractivity contribution in [2.45, 2.75) is 38.8 Å². The Bertz CT molecular complexity index is 1070. The normalized spacial score (nSPS) is 17.2. The molecule has 1 spiro atoms. The van der Waals surface area contributed by atoms with E-state index in [1.165, 1.54) is 23.3 Å². The summed E-state index contributed by atoms with van der Waals surface area (Å²) < 4.78 is 13.2.